The van der Waals surface area contributed by atoms with Gasteiger partial charge in [0.1, 0.15) is 5.75 Å². The fourth-order valence-electron chi connectivity index (χ4n) is 2.35. The molecule has 0 spiro atoms. The number of hydrogen-bond donors (Lipinski definition) is 2. The average molecular weight is 297 g/mol. The van der Waals surface area contributed by atoms with Crippen LogP contribution in [0, 0.1) is 0 Å². The number of phenolic OH excluding ortho intramolecular Hbond substituents is 1. The molecule has 22 heavy (non-hydrogen) atoms. The van der Waals surface area contributed by atoms with E-state index in [4.69, 9.17) is 5.11 Å². The van der Waals surface area contributed by atoms with Crippen molar-refractivity contribution in [1.29, 1.82) is 0 Å². The monoisotopic (exact) mass is 297 g/mol. The number of rotatable bonds is 3. The minimum absolute atomic E-state index is 0.0358. The standard InChI is InChI=1S/C16H11NO5/c18-11-4-1-9(2-5-11)8-17-14(19)12-6-3-10(16(21)22)7-13(12)15(17)20/h1-7,18H,8H2,(H,21,22). The molecule has 0 bridgehead atoms. The van der Waals surface area contributed by atoms with E-state index in [9.17, 15) is 19.5 Å². The highest BCUT2D eigenvalue weighted by atomic mass is 16.4. The summed E-state index contributed by atoms with van der Waals surface area (Å²) in [6, 6.07) is 10.0. The Hall–Kier alpha value is -3.15. The highest BCUT2D eigenvalue weighted by Crippen LogP contribution is 2.26. The first-order chi connectivity index (χ1) is 10.5. The van der Waals surface area contributed by atoms with Crippen molar-refractivity contribution in [3.8, 4) is 5.75 Å². The summed E-state index contributed by atoms with van der Waals surface area (Å²) < 4.78 is 0. The third-order valence-corrected chi connectivity index (χ3v) is 3.49. The van der Waals surface area contributed by atoms with Crippen LogP contribution in [-0.2, 0) is 6.54 Å². The minimum atomic E-state index is -1.15. The number of nitrogens with zero attached hydrogens (tertiary/aromatic N) is 1. The molecule has 6 heteroatoms. The quantitative estimate of drug-likeness (QED) is 0.843. The zero-order valence-electron chi connectivity index (χ0n) is 11.3. The molecule has 2 amide bonds. The number of hydrogen-bond acceptors (Lipinski definition) is 4. The molecule has 0 unspecified atom stereocenters. The maximum absolute atomic E-state index is 12.3. The highest BCUT2D eigenvalue weighted by Gasteiger charge is 2.35. The summed E-state index contributed by atoms with van der Waals surface area (Å²) in [7, 11) is 0. The van der Waals surface area contributed by atoms with Crippen LogP contribution in [0.25, 0.3) is 0 Å². The van der Waals surface area contributed by atoms with Gasteiger partial charge in [-0.1, -0.05) is 12.1 Å². The SMILES string of the molecule is O=C(O)c1ccc2c(c1)C(=O)N(Cc1ccc(O)cc1)C2=O. The topological polar surface area (TPSA) is 94.9 Å². The van der Waals surface area contributed by atoms with Crippen LogP contribution in [-0.4, -0.2) is 32.9 Å². The molecule has 2 aromatic carbocycles. The van der Waals surface area contributed by atoms with E-state index in [0.29, 0.717) is 5.56 Å². The molecule has 0 radical (unpaired) electrons. The second-order valence-electron chi connectivity index (χ2n) is 4.93. The van der Waals surface area contributed by atoms with Crippen molar-refractivity contribution in [2.45, 2.75) is 6.54 Å². The Bertz CT molecular complexity index is 795. The Morgan fingerprint density at radius 2 is 1.59 bits per heavy atom. The Morgan fingerprint density at radius 3 is 2.23 bits per heavy atom. The molecule has 0 fully saturated rings. The number of amides is 2. The molecule has 2 aromatic rings. The second-order valence-corrected chi connectivity index (χ2v) is 4.93. The fourth-order valence-corrected chi connectivity index (χ4v) is 2.35. The summed E-state index contributed by atoms with van der Waals surface area (Å²) in [4.78, 5) is 36.6. The van der Waals surface area contributed by atoms with E-state index < -0.39 is 17.8 Å². The number of aromatic carboxylic acids is 1. The van der Waals surface area contributed by atoms with E-state index in [2.05, 4.69) is 0 Å². The van der Waals surface area contributed by atoms with E-state index in [1.807, 2.05) is 0 Å². The smallest absolute Gasteiger partial charge is 0.335 e. The molecule has 2 N–H and O–H groups in total. The number of carboxylic acid groups (broad SMARTS) is 1. The van der Waals surface area contributed by atoms with E-state index in [0.717, 1.165) is 4.90 Å². The average Bonchev–Trinajstić information content (AvgIpc) is 2.74. The van der Waals surface area contributed by atoms with Crippen molar-refractivity contribution < 1.29 is 24.6 Å². The molecule has 110 valence electrons. The first kappa shape index (κ1) is 13.8. The van der Waals surface area contributed by atoms with E-state index in [-0.39, 0.29) is 29.0 Å². The van der Waals surface area contributed by atoms with Crippen LogP contribution in [0.1, 0.15) is 36.6 Å². The van der Waals surface area contributed by atoms with Crippen LogP contribution < -0.4 is 0 Å². The molecule has 0 saturated heterocycles. The summed E-state index contributed by atoms with van der Waals surface area (Å²) >= 11 is 0. The number of imide groups is 1. The van der Waals surface area contributed by atoms with Gasteiger partial charge in [0, 0.05) is 0 Å². The van der Waals surface area contributed by atoms with Crippen molar-refractivity contribution in [2.24, 2.45) is 0 Å². The largest absolute Gasteiger partial charge is 0.508 e. The number of carbonyl (C=O) groups excluding carboxylic acids is 2. The molecular formula is C16H11NO5. The fraction of sp³-hybridized carbons (Fsp3) is 0.0625. The van der Waals surface area contributed by atoms with Gasteiger partial charge in [-0.3, -0.25) is 14.5 Å². The molecule has 0 aromatic heterocycles. The van der Waals surface area contributed by atoms with Gasteiger partial charge in [-0.15, -0.1) is 0 Å². The van der Waals surface area contributed by atoms with Gasteiger partial charge >= 0.3 is 5.97 Å². The van der Waals surface area contributed by atoms with Crippen LogP contribution in [0.15, 0.2) is 42.5 Å². The minimum Gasteiger partial charge on any atom is -0.508 e. The summed E-state index contributed by atoms with van der Waals surface area (Å²) in [5.74, 6) is -2.03. The highest BCUT2D eigenvalue weighted by molar-refractivity contribution is 6.21. The lowest BCUT2D eigenvalue weighted by Gasteiger charge is -2.13. The Kier molecular flexibility index (Phi) is 3.14. The summed E-state index contributed by atoms with van der Waals surface area (Å²) in [6.45, 7) is 0.0645. The number of carbonyl (C=O) groups is 3. The summed E-state index contributed by atoms with van der Waals surface area (Å²) in [5, 5.41) is 18.2. The van der Waals surface area contributed by atoms with E-state index >= 15 is 0 Å². The molecule has 1 heterocycles. The molecule has 0 atom stereocenters. The predicted octanol–water partition coefficient (Wildman–Crippen LogP) is 1.89. The Labute approximate surface area is 125 Å². The van der Waals surface area contributed by atoms with Gasteiger partial charge < -0.3 is 10.2 Å². The Balaban J connectivity index is 1.92. The normalized spacial score (nSPS) is 13.4. The molecular weight excluding hydrogens is 286 g/mol. The maximum Gasteiger partial charge on any atom is 0.335 e. The second kappa shape index (κ2) is 5.00. The first-order valence-electron chi connectivity index (χ1n) is 6.49. The van der Waals surface area contributed by atoms with Crippen molar-refractivity contribution in [3.63, 3.8) is 0 Å². The number of fused-ring (bicyclic) bond motifs is 1. The zero-order valence-corrected chi connectivity index (χ0v) is 11.3. The summed E-state index contributed by atoms with van der Waals surface area (Å²) in [5.41, 5.74) is 0.953. The third-order valence-electron chi connectivity index (χ3n) is 3.49. The van der Waals surface area contributed by atoms with Crippen LogP contribution in [0.2, 0.25) is 0 Å². The first-order valence-corrected chi connectivity index (χ1v) is 6.49. The molecule has 0 saturated carbocycles. The molecule has 0 aliphatic carbocycles. The number of carboxylic acids is 1. The predicted molar refractivity (Wildman–Crippen MR) is 75.7 cm³/mol. The van der Waals surface area contributed by atoms with Gasteiger partial charge in [-0.25, -0.2) is 4.79 Å². The van der Waals surface area contributed by atoms with Crippen LogP contribution >= 0.6 is 0 Å². The van der Waals surface area contributed by atoms with Gasteiger partial charge in [-0.05, 0) is 35.9 Å². The van der Waals surface area contributed by atoms with Gasteiger partial charge in [0.15, 0.2) is 0 Å². The Morgan fingerprint density at radius 1 is 0.955 bits per heavy atom. The lowest BCUT2D eigenvalue weighted by Crippen LogP contribution is -2.29. The van der Waals surface area contributed by atoms with Crippen LogP contribution in [0.5, 0.6) is 5.75 Å². The lowest BCUT2D eigenvalue weighted by atomic mass is 10.1. The van der Waals surface area contributed by atoms with E-state index in [1.165, 1.54) is 30.3 Å². The number of benzene rings is 2. The molecule has 1 aliphatic rings. The molecule has 6 nitrogen and oxygen atoms in total. The third kappa shape index (κ3) is 2.20. The van der Waals surface area contributed by atoms with Gasteiger partial charge in [-0.2, -0.15) is 0 Å². The molecule has 1 aliphatic heterocycles. The van der Waals surface area contributed by atoms with Crippen molar-refractivity contribution in [2.75, 3.05) is 0 Å². The maximum atomic E-state index is 12.3. The van der Waals surface area contributed by atoms with Crippen molar-refractivity contribution >= 4 is 17.8 Å². The number of phenols is 1. The van der Waals surface area contributed by atoms with Gasteiger partial charge in [0.05, 0.1) is 23.2 Å². The molecule has 3 rings (SSSR count). The van der Waals surface area contributed by atoms with E-state index in [1.54, 1.807) is 12.1 Å². The number of aromatic hydroxyl groups is 1. The lowest BCUT2D eigenvalue weighted by molar-refractivity contribution is 0.0641. The van der Waals surface area contributed by atoms with Crippen LogP contribution in [0.3, 0.4) is 0 Å². The van der Waals surface area contributed by atoms with Crippen molar-refractivity contribution in [3.05, 3.63) is 64.7 Å². The zero-order chi connectivity index (χ0) is 15.9. The van der Waals surface area contributed by atoms with Crippen LogP contribution in [0.4, 0.5) is 0 Å². The van der Waals surface area contributed by atoms with Gasteiger partial charge in [0.25, 0.3) is 11.8 Å². The van der Waals surface area contributed by atoms with Gasteiger partial charge in [0.2, 0.25) is 0 Å². The van der Waals surface area contributed by atoms with Crippen molar-refractivity contribution in [1.82, 2.24) is 4.90 Å². The summed E-state index contributed by atoms with van der Waals surface area (Å²) in [6.07, 6.45) is 0.